The fourth-order valence-electron chi connectivity index (χ4n) is 4.48. The van der Waals surface area contributed by atoms with E-state index in [9.17, 15) is 4.79 Å². The molecule has 30 heavy (non-hydrogen) atoms. The lowest BCUT2D eigenvalue weighted by molar-refractivity contribution is 0.0716. The molecule has 7 heteroatoms. The van der Waals surface area contributed by atoms with Gasteiger partial charge in [0.2, 0.25) is 0 Å². The maximum atomic E-state index is 13.2. The summed E-state index contributed by atoms with van der Waals surface area (Å²) in [6, 6.07) is 8.41. The van der Waals surface area contributed by atoms with Crippen LogP contribution in [0.2, 0.25) is 0 Å². The van der Waals surface area contributed by atoms with Gasteiger partial charge in [-0.15, -0.1) is 11.3 Å². The van der Waals surface area contributed by atoms with E-state index in [2.05, 4.69) is 52.5 Å². The number of aryl methyl sites for hydroxylation is 1. The van der Waals surface area contributed by atoms with Gasteiger partial charge in [0.1, 0.15) is 0 Å². The summed E-state index contributed by atoms with van der Waals surface area (Å²) >= 11 is 1.58. The lowest BCUT2D eigenvalue weighted by Gasteiger charge is -2.26. The summed E-state index contributed by atoms with van der Waals surface area (Å²) in [6.45, 7) is 5.31. The zero-order chi connectivity index (χ0) is 20.7. The molecule has 1 fully saturated rings. The van der Waals surface area contributed by atoms with Crippen LogP contribution in [0.1, 0.15) is 46.7 Å². The number of amides is 1. The van der Waals surface area contributed by atoms with Crippen molar-refractivity contribution in [2.45, 2.75) is 39.3 Å². The van der Waals surface area contributed by atoms with Gasteiger partial charge >= 0.3 is 0 Å². The van der Waals surface area contributed by atoms with Crippen molar-refractivity contribution in [2.75, 3.05) is 20.1 Å². The lowest BCUT2D eigenvalue weighted by atomic mass is 10.1. The van der Waals surface area contributed by atoms with Gasteiger partial charge in [0.05, 0.1) is 5.69 Å². The highest BCUT2D eigenvalue weighted by Gasteiger charge is 2.26. The van der Waals surface area contributed by atoms with E-state index in [1.165, 1.54) is 28.6 Å². The summed E-state index contributed by atoms with van der Waals surface area (Å²) in [7, 11) is 2.10. The van der Waals surface area contributed by atoms with Crippen molar-refractivity contribution in [3.05, 3.63) is 58.5 Å². The van der Waals surface area contributed by atoms with Gasteiger partial charge in [0.25, 0.3) is 5.91 Å². The van der Waals surface area contributed by atoms with Gasteiger partial charge in [-0.25, -0.2) is 4.98 Å². The number of aromatic nitrogens is 3. The number of carbonyl (C=O) groups excluding carboxylic acids is 1. The number of carbonyl (C=O) groups is 1. The van der Waals surface area contributed by atoms with E-state index in [0.717, 1.165) is 43.1 Å². The van der Waals surface area contributed by atoms with Crippen LogP contribution >= 0.6 is 11.3 Å². The minimum Gasteiger partial charge on any atom is -0.357 e. The number of likely N-dealkylation sites (tertiary alicyclic amines) is 1. The number of nitrogens with one attached hydrogen (secondary N) is 1. The van der Waals surface area contributed by atoms with Crippen molar-refractivity contribution < 1.29 is 4.79 Å². The van der Waals surface area contributed by atoms with Crippen LogP contribution in [-0.4, -0.2) is 50.2 Å². The second-order valence-electron chi connectivity index (χ2n) is 8.26. The quantitative estimate of drug-likeness (QED) is 0.518. The molecule has 1 aliphatic rings. The van der Waals surface area contributed by atoms with Crippen LogP contribution < -0.4 is 0 Å². The summed E-state index contributed by atoms with van der Waals surface area (Å²) < 4.78 is 2.08. The van der Waals surface area contributed by atoms with Crippen molar-refractivity contribution in [1.82, 2.24) is 24.2 Å². The van der Waals surface area contributed by atoms with Crippen molar-refractivity contribution >= 4 is 33.1 Å². The normalized spacial score (nSPS) is 15.0. The van der Waals surface area contributed by atoms with Crippen molar-refractivity contribution in [2.24, 2.45) is 0 Å². The van der Waals surface area contributed by atoms with Gasteiger partial charge in [-0.05, 0) is 44.9 Å². The predicted octanol–water partition coefficient (Wildman–Crippen LogP) is 4.44. The number of thiazole rings is 1. The zero-order valence-corrected chi connectivity index (χ0v) is 18.3. The van der Waals surface area contributed by atoms with Gasteiger partial charge in [0, 0.05) is 54.4 Å². The van der Waals surface area contributed by atoms with E-state index >= 15 is 0 Å². The fraction of sp³-hybridized carbons (Fsp3) is 0.391. The van der Waals surface area contributed by atoms with E-state index in [1.807, 2.05) is 16.5 Å². The van der Waals surface area contributed by atoms with Crippen LogP contribution in [0.3, 0.4) is 0 Å². The topological polar surface area (TPSA) is 56.6 Å². The number of fused-ring (bicyclic) bond motifs is 2. The number of benzene rings is 1. The maximum Gasteiger partial charge on any atom is 0.274 e. The Hall–Kier alpha value is -2.64. The summed E-state index contributed by atoms with van der Waals surface area (Å²) in [5.74, 6) is 0.0794. The summed E-state index contributed by atoms with van der Waals surface area (Å²) in [4.78, 5) is 26.6. The van der Waals surface area contributed by atoms with Crippen molar-refractivity contribution in [3.8, 4) is 0 Å². The third kappa shape index (κ3) is 3.42. The standard InChI is InChI=1S/C23H27N5OS/c1-16-17-8-4-5-9-18(17)24-19(16)14-26(2)15-20-21(25-23-28(20)12-13-30-23)22(29)27-10-6-3-7-11-27/h4-5,8-9,12-13,24H,3,6-7,10-11,14-15H2,1-2H3. The molecular formula is C23H27N5OS. The van der Waals surface area contributed by atoms with Crippen molar-refractivity contribution in [1.29, 1.82) is 0 Å². The molecule has 0 unspecified atom stereocenters. The minimum absolute atomic E-state index is 0.0794. The lowest BCUT2D eigenvalue weighted by Crippen LogP contribution is -2.36. The average molecular weight is 422 g/mol. The number of imidazole rings is 1. The largest absolute Gasteiger partial charge is 0.357 e. The van der Waals surface area contributed by atoms with Crippen molar-refractivity contribution in [3.63, 3.8) is 0 Å². The predicted molar refractivity (Wildman–Crippen MR) is 121 cm³/mol. The minimum atomic E-state index is 0.0794. The van der Waals surface area contributed by atoms with Crippen LogP contribution in [0.25, 0.3) is 15.9 Å². The number of piperidine rings is 1. The average Bonchev–Trinajstić information content (AvgIpc) is 3.44. The molecule has 5 rings (SSSR count). The first-order chi connectivity index (χ1) is 14.6. The Morgan fingerprint density at radius 1 is 1.20 bits per heavy atom. The molecule has 0 spiro atoms. The number of para-hydroxylation sites is 1. The van der Waals surface area contributed by atoms with Gasteiger partial charge in [-0.1, -0.05) is 18.2 Å². The highest BCUT2D eigenvalue weighted by Crippen LogP contribution is 2.25. The number of nitrogens with zero attached hydrogens (tertiary/aromatic N) is 4. The Kier molecular flexibility index (Phi) is 5.08. The summed E-state index contributed by atoms with van der Waals surface area (Å²) in [6.07, 6.45) is 5.41. The molecule has 0 radical (unpaired) electrons. The Morgan fingerprint density at radius 2 is 2.00 bits per heavy atom. The molecule has 0 saturated carbocycles. The summed E-state index contributed by atoms with van der Waals surface area (Å²) in [5.41, 5.74) is 5.27. The Bertz CT molecular complexity index is 1200. The van der Waals surface area contributed by atoms with Gasteiger partial charge in [-0.3, -0.25) is 14.1 Å². The number of hydrogen-bond acceptors (Lipinski definition) is 4. The first-order valence-corrected chi connectivity index (χ1v) is 11.5. The second-order valence-corrected chi connectivity index (χ2v) is 9.13. The van der Waals surface area contributed by atoms with Crippen LogP contribution in [-0.2, 0) is 13.1 Å². The molecule has 1 aromatic carbocycles. The number of rotatable bonds is 5. The highest BCUT2D eigenvalue weighted by molar-refractivity contribution is 7.15. The number of H-pyrrole nitrogens is 1. The molecule has 6 nitrogen and oxygen atoms in total. The third-order valence-electron chi connectivity index (χ3n) is 6.12. The number of hydrogen-bond donors (Lipinski definition) is 1. The highest BCUT2D eigenvalue weighted by atomic mass is 32.1. The summed E-state index contributed by atoms with van der Waals surface area (Å²) in [5, 5.41) is 3.30. The molecule has 3 aromatic heterocycles. The SMILES string of the molecule is Cc1c(CN(C)Cc2c(C(=O)N3CCCCC3)nc3sccn23)[nH]c2ccccc12. The van der Waals surface area contributed by atoms with E-state index in [1.54, 1.807) is 11.3 Å². The molecule has 1 saturated heterocycles. The van der Waals surface area contributed by atoms with Gasteiger partial charge in [0.15, 0.2) is 10.7 Å². The smallest absolute Gasteiger partial charge is 0.274 e. The molecule has 1 aliphatic heterocycles. The molecule has 156 valence electrons. The molecule has 0 atom stereocenters. The first kappa shape index (κ1) is 19.3. The van der Waals surface area contributed by atoms with Crippen LogP contribution in [0.4, 0.5) is 0 Å². The van der Waals surface area contributed by atoms with E-state index in [-0.39, 0.29) is 5.91 Å². The molecular weight excluding hydrogens is 394 g/mol. The van der Waals surface area contributed by atoms with Crippen LogP contribution in [0.5, 0.6) is 0 Å². The molecule has 0 bridgehead atoms. The number of aromatic amines is 1. The van der Waals surface area contributed by atoms with Gasteiger partial charge < -0.3 is 9.88 Å². The van der Waals surface area contributed by atoms with Crippen LogP contribution in [0.15, 0.2) is 35.8 Å². The Morgan fingerprint density at radius 3 is 2.80 bits per heavy atom. The van der Waals surface area contributed by atoms with Crippen LogP contribution in [0, 0.1) is 6.92 Å². The molecule has 4 heterocycles. The maximum absolute atomic E-state index is 13.2. The van der Waals surface area contributed by atoms with E-state index in [4.69, 9.17) is 4.98 Å². The Balaban J connectivity index is 1.41. The third-order valence-corrected chi connectivity index (χ3v) is 6.88. The zero-order valence-electron chi connectivity index (χ0n) is 17.5. The molecule has 1 N–H and O–H groups in total. The monoisotopic (exact) mass is 421 g/mol. The van der Waals surface area contributed by atoms with E-state index in [0.29, 0.717) is 12.2 Å². The first-order valence-electron chi connectivity index (χ1n) is 10.6. The van der Waals surface area contributed by atoms with Gasteiger partial charge in [-0.2, -0.15) is 0 Å². The fourth-order valence-corrected chi connectivity index (χ4v) is 5.21. The molecule has 1 amide bonds. The Labute approximate surface area is 180 Å². The molecule has 4 aromatic rings. The second kappa shape index (κ2) is 7.89. The van der Waals surface area contributed by atoms with E-state index < -0.39 is 0 Å². The molecule has 0 aliphatic carbocycles.